The minimum atomic E-state index is 0.785. The summed E-state index contributed by atoms with van der Waals surface area (Å²) in [5.74, 6) is 0.785. The van der Waals surface area contributed by atoms with Crippen LogP contribution in [0.5, 0.6) is 0 Å². The van der Waals surface area contributed by atoms with Crippen LogP contribution in [0.1, 0.15) is 42.7 Å². The Balaban J connectivity index is 1.57. The van der Waals surface area contributed by atoms with Gasteiger partial charge >= 0.3 is 0 Å². The van der Waals surface area contributed by atoms with Gasteiger partial charge in [-0.2, -0.15) is 0 Å². The van der Waals surface area contributed by atoms with Crippen LogP contribution in [0.25, 0.3) is 0 Å². The van der Waals surface area contributed by atoms with E-state index in [-0.39, 0.29) is 0 Å². The summed E-state index contributed by atoms with van der Waals surface area (Å²) in [7, 11) is 0. The van der Waals surface area contributed by atoms with Gasteiger partial charge in [-0.3, -0.25) is 4.90 Å². The number of benzene rings is 1. The monoisotopic (exact) mass is 258 g/mol. The molecule has 2 heteroatoms. The molecule has 0 spiro atoms. The molecule has 1 atom stereocenters. The van der Waals surface area contributed by atoms with Crippen LogP contribution in [0, 0.1) is 6.92 Å². The predicted octanol–water partition coefficient (Wildman–Crippen LogP) is 2.93. The second-order valence-electron chi connectivity index (χ2n) is 6.22. The van der Waals surface area contributed by atoms with E-state index in [1.54, 1.807) is 5.56 Å². The molecule has 2 aliphatic heterocycles. The Morgan fingerprint density at radius 1 is 1.16 bits per heavy atom. The summed E-state index contributed by atoms with van der Waals surface area (Å²) >= 11 is 0. The van der Waals surface area contributed by atoms with Crippen LogP contribution in [-0.2, 0) is 0 Å². The zero-order valence-corrected chi connectivity index (χ0v) is 12.1. The lowest BCUT2D eigenvalue weighted by atomic mass is 9.87. The highest BCUT2D eigenvalue weighted by Gasteiger charge is 2.26. The van der Waals surface area contributed by atoms with Crippen molar-refractivity contribution in [2.45, 2.75) is 44.6 Å². The maximum Gasteiger partial charge on any atom is 0.0221 e. The molecule has 0 saturated carbocycles. The Hall–Kier alpha value is -0.860. The van der Waals surface area contributed by atoms with Gasteiger partial charge in [-0.05, 0) is 63.7 Å². The number of hydrogen-bond donors (Lipinski definition) is 1. The topological polar surface area (TPSA) is 15.3 Å². The number of nitrogens with one attached hydrogen (secondary N) is 1. The Morgan fingerprint density at radius 3 is 2.68 bits per heavy atom. The number of rotatable bonds is 2. The van der Waals surface area contributed by atoms with Crippen LogP contribution in [0.2, 0.25) is 0 Å². The van der Waals surface area contributed by atoms with Gasteiger partial charge < -0.3 is 5.32 Å². The van der Waals surface area contributed by atoms with E-state index in [1.165, 1.54) is 57.4 Å². The van der Waals surface area contributed by atoms with E-state index in [1.807, 2.05) is 0 Å². The van der Waals surface area contributed by atoms with Crippen molar-refractivity contribution in [3.63, 3.8) is 0 Å². The molecule has 1 N–H and O–H groups in total. The molecule has 2 aliphatic rings. The smallest absolute Gasteiger partial charge is 0.0221 e. The lowest BCUT2D eigenvalue weighted by Gasteiger charge is -2.39. The highest BCUT2D eigenvalue weighted by Crippen LogP contribution is 2.30. The summed E-state index contributed by atoms with van der Waals surface area (Å²) in [4.78, 5) is 2.72. The largest absolute Gasteiger partial charge is 0.315 e. The van der Waals surface area contributed by atoms with Gasteiger partial charge in [0, 0.05) is 12.6 Å². The quantitative estimate of drug-likeness (QED) is 0.877. The van der Waals surface area contributed by atoms with E-state index in [9.17, 15) is 0 Å². The van der Waals surface area contributed by atoms with Crippen molar-refractivity contribution in [3.8, 4) is 0 Å². The molecular weight excluding hydrogens is 232 g/mol. The summed E-state index contributed by atoms with van der Waals surface area (Å²) in [6, 6.07) is 9.90. The average molecular weight is 258 g/mol. The summed E-state index contributed by atoms with van der Waals surface area (Å²) in [6.07, 6.45) is 5.41. The van der Waals surface area contributed by atoms with Gasteiger partial charge in [0.15, 0.2) is 0 Å². The molecule has 1 aromatic carbocycles. The molecule has 2 nitrogen and oxygen atoms in total. The molecule has 0 radical (unpaired) electrons. The maximum absolute atomic E-state index is 3.54. The van der Waals surface area contributed by atoms with Gasteiger partial charge in [-0.15, -0.1) is 0 Å². The fraction of sp³-hybridized carbons (Fsp3) is 0.647. The van der Waals surface area contributed by atoms with Gasteiger partial charge in [-0.1, -0.05) is 29.8 Å². The van der Waals surface area contributed by atoms with Crippen LogP contribution in [0.3, 0.4) is 0 Å². The van der Waals surface area contributed by atoms with Gasteiger partial charge in [-0.25, -0.2) is 0 Å². The Bertz CT molecular complexity index is 401. The van der Waals surface area contributed by atoms with E-state index in [0.717, 1.165) is 12.0 Å². The fourth-order valence-electron chi connectivity index (χ4n) is 3.67. The third-order valence-electron chi connectivity index (χ3n) is 4.83. The van der Waals surface area contributed by atoms with Crippen molar-refractivity contribution in [2.24, 2.45) is 0 Å². The van der Waals surface area contributed by atoms with E-state index in [0.29, 0.717) is 0 Å². The number of aryl methyl sites for hydroxylation is 1. The van der Waals surface area contributed by atoms with Crippen LogP contribution in [0.4, 0.5) is 0 Å². The first-order chi connectivity index (χ1) is 9.33. The highest BCUT2D eigenvalue weighted by atomic mass is 15.2. The van der Waals surface area contributed by atoms with Crippen LogP contribution in [0.15, 0.2) is 24.3 Å². The Labute approximate surface area is 117 Å². The second-order valence-corrected chi connectivity index (χ2v) is 6.22. The first-order valence-electron chi connectivity index (χ1n) is 7.84. The highest BCUT2D eigenvalue weighted by molar-refractivity contribution is 5.25. The zero-order valence-electron chi connectivity index (χ0n) is 12.1. The second kappa shape index (κ2) is 6.06. The molecular formula is C17H26N2. The number of hydrogen-bond acceptors (Lipinski definition) is 2. The molecule has 3 rings (SSSR count). The third-order valence-corrected chi connectivity index (χ3v) is 4.83. The minimum Gasteiger partial charge on any atom is -0.315 e. The lowest BCUT2D eigenvalue weighted by molar-refractivity contribution is 0.130. The Morgan fingerprint density at radius 2 is 2.00 bits per heavy atom. The van der Waals surface area contributed by atoms with E-state index < -0.39 is 0 Å². The van der Waals surface area contributed by atoms with Gasteiger partial charge in [0.1, 0.15) is 0 Å². The van der Waals surface area contributed by atoms with Gasteiger partial charge in [0.2, 0.25) is 0 Å². The SMILES string of the molecule is Cc1cccc(C2CCN(C3CCCNC3)CC2)c1. The van der Waals surface area contributed by atoms with Crippen LogP contribution < -0.4 is 5.32 Å². The summed E-state index contributed by atoms with van der Waals surface area (Å²) < 4.78 is 0. The fourth-order valence-corrected chi connectivity index (χ4v) is 3.67. The maximum atomic E-state index is 3.54. The molecule has 2 heterocycles. The molecule has 0 aliphatic carbocycles. The standard InChI is InChI=1S/C17H26N2/c1-14-4-2-5-16(12-14)15-7-10-19(11-8-15)17-6-3-9-18-13-17/h2,4-5,12,15,17-18H,3,6-11,13H2,1H3. The number of nitrogens with zero attached hydrogens (tertiary/aromatic N) is 1. The van der Waals surface area contributed by atoms with Crippen LogP contribution in [-0.4, -0.2) is 37.1 Å². The molecule has 1 aromatic rings. The Kier molecular flexibility index (Phi) is 4.19. The van der Waals surface area contributed by atoms with Gasteiger partial charge in [0.05, 0.1) is 0 Å². The number of likely N-dealkylation sites (tertiary alicyclic amines) is 1. The normalized spacial score (nSPS) is 26.5. The first-order valence-corrected chi connectivity index (χ1v) is 7.84. The molecule has 1 unspecified atom stereocenters. The van der Waals surface area contributed by atoms with Crippen molar-refractivity contribution in [1.82, 2.24) is 10.2 Å². The summed E-state index contributed by atoms with van der Waals surface area (Å²) in [5, 5.41) is 3.54. The molecule has 0 aromatic heterocycles. The van der Waals surface area contributed by atoms with Gasteiger partial charge in [0.25, 0.3) is 0 Å². The average Bonchev–Trinajstić information content (AvgIpc) is 2.48. The lowest BCUT2D eigenvalue weighted by Crippen LogP contribution is -2.48. The van der Waals surface area contributed by atoms with Crippen molar-refractivity contribution < 1.29 is 0 Å². The summed E-state index contributed by atoms with van der Waals surface area (Å²) in [5.41, 5.74) is 2.96. The van der Waals surface area contributed by atoms with E-state index in [4.69, 9.17) is 0 Å². The van der Waals surface area contributed by atoms with Crippen LogP contribution >= 0.6 is 0 Å². The van der Waals surface area contributed by atoms with Crippen molar-refractivity contribution >= 4 is 0 Å². The van der Waals surface area contributed by atoms with E-state index >= 15 is 0 Å². The van der Waals surface area contributed by atoms with Crippen molar-refractivity contribution in [1.29, 1.82) is 0 Å². The number of piperidine rings is 2. The third kappa shape index (κ3) is 3.18. The van der Waals surface area contributed by atoms with E-state index in [2.05, 4.69) is 41.4 Å². The molecule has 2 fully saturated rings. The summed E-state index contributed by atoms with van der Waals surface area (Å²) in [6.45, 7) is 7.19. The minimum absolute atomic E-state index is 0.785. The molecule has 19 heavy (non-hydrogen) atoms. The molecule has 0 amide bonds. The predicted molar refractivity (Wildman–Crippen MR) is 80.6 cm³/mol. The first kappa shape index (κ1) is 13.1. The molecule has 0 bridgehead atoms. The van der Waals surface area contributed by atoms with Crippen molar-refractivity contribution in [3.05, 3.63) is 35.4 Å². The molecule has 104 valence electrons. The van der Waals surface area contributed by atoms with Crippen molar-refractivity contribution in [2.75, 3.05) is 26.2 Å². The molecule has 2 saturated heterocycles. The zero-order chi connectivity index (χ0) is 13.1.